The Labute approximate surface area is 199 Å². The Morgan fingerprint density at radius 2 is 1.44 bits per heavy atom. The number of ether oxygens (including phenoxy) is 4. The van der Waals surface area contributed by atoms with Gasteiger partial charge in [0.2, 0.25) is 0 Å². The van der Waals surface area contributed by atoms with Gasteiger partial charge in [0, 0.05) is 12.2 Å². The second kappa shape index (κ2) is 11.5. The molecule has 2 aromatic carbocycles. The van der Waals surface area contributed by atoms with Crippen LogP contribution in [-0.4, -0.2) is 49.9 Å². The molecule has 0 atom stereocenters. The first-order chi connectivity index (χ1) is 15.8. The second-order valence-corrected chi connectivity index (χ2v) is 9.30. The lowest BCUT2D eigenvalue weighted by Gasteiger charge is -2.28. The molecule has 2 rings (SSSR count). The van der Waals surface area contributed by atoms with Gasteiger partial charge in [-0.3, -0.25) is 4.79 Å². The number of methoxy groups -OCH3 is 1. The largest absolute Gasteiger partial charge is 0.490 e. The molecule has 6 nitrogen and oxygen atoms in total. The van der Waals surface area contributed by atoms with E-state index in [9.17, 15) is 18.4 Å². The Morgan fingerprint density at radius 3 is 2.03 bits per heavy atom. The summed E-state index contributed by atoms with van der Waals surface area (Å²) in [6.45, 7) is 10.5. The van der Waals surface area contributed by atoms with Gasteiger partial charge < -0.3 is 18.9 Å². The van der Waals surface area contributed by atoms with Gasteiger partial charge in [-0.2, -0.15) is 0 Å². The summed E-state index contributed by atoms with van der Waals surface area (Å²) in [6.07, 6.45) is 0.654. The molecule has 0 aliphatic heterocycles. The third-order valence-electron chi connectivity index (χ3n) is 4.92. The number of hydrogen-bond acceptors (Lipinski definition) is 6. The number of halogens is 2. The van der Waals surface area contributed by atoms with Gasteiger partial charge in [-0.1, -0.05) is 12.1 Å². The van der Waals surface area contributed by atoms with Crippen molar-refractivity contribution in [1.29, 1.82) is 0 Å². The van der Waals surface area contributed by atoms with Crippen LogP contribution in [-0.2, 0) is 14.2 Å². The molecule has 8 heteroatoms. The van der Waals surface area contributed by atoms with Crippen LogP contribution in [0.5, 0.6) is 5.75 Å². The summed E-state index contributed by atoms with van der Waals surface area (Å²) in [5.41, 5.74) is -0.957. The van der Waals surface area contributed by atoms with E-state index >= 15 is 0 Å². The van der Waals surface area contributed by atoms with E-state index in [2.05, 4.69) is 4.74 Å². The molecule has 0 bridgehead atoms. The number of carbonyl (C=O) groups excluding carboxylic acids is 2. The molecule has 0 heterocycles. The number of carbonyl (C=O) groups is 2. The molecule has 0 saturated heterocycles. The first kappa shape index (κ1) is 27.4. The molecule has 0 unspecified atom stereocenters. The SMILES string of the molecule is COC(=O)c1ccc(C(=O)c2c(OCCOC(C)(C)CCOC(C)(C)C)ccc(F)c2F)cc1. The molecule has 0 aliphatic carbocycles. The normalized spacial score (nSPS) is 11.9. The topological polar surface area (TPSA) is 71.1 Å². The highest BCUT2D eigenvalue weighted by molar-refractivity contribution is 6.11. The van der Waals surface area contributed by atoms with Crippen molar-refractivity contribution in [1.82, 2.24) is 0 Å². The van der Waals surface area contributed by atoms with Crippen molar-refractivity contribution in [3.05, 3.63) is 64.7 Å². The molecular weight excluding hydrogens is 446 g/mol. The summed E-state index contributed by atoms with van der Waals surface area (Å²) in [7, 11) is 1.23. The Bertz CT molecular complexity index is 994. The number of benzene rings is 2. The van der Waals surface area contributed by atoms with E-state index in [0.29, 0.717) is 13.0 Å². The minimum absolute atomic E-state index is 0.0240. The fourth-order valence-corrected chi connectivity index (χ4v) is 3.03. The summed E-state index contributed by atoms with van der Waals surface area (Å²) in [5, 5.41) is 0. The van der Waals surface area contributed by atoms with Crippen molar-refractivity contribution in [2.45, 2.75) is 52.2 Å². The van der Waals surface area contributed by atoms with Crippen molar-refractivity contribution in [2.24, 2.45) is 0 Å². The van der Waals surface area contributed by atoms with Crippen LogP contribution in [0.1, 0.15) is 67.3 Å². The lowest BCUT2D eigenvalue weighted by Crippen LogP contribution is -2.30. The predicted molar refractivity (Wildman–Crippen MR) is 123 cm³/mol. The van der Waals surface area contributed by atoms with E-state index in [1.807, 2.05) is 34.6 Å². The van der Waals surface area contributed by atoms with E-state index < -0.39 is 34.6 Å². The van der Waals surface area contributed by atoms with E-state index in [1.165, 1.54) is 37.4 Å². The zero-order valence-electron chi connectivity index (χ0n) is 20.5. The Kier molecular flexibility index (Phi) is 9.29. The molecule has 2 aromatic rings. The summed E-state index contributed by atoms with van der Waals surface area (Å²) in [5.74, 6) is -3.92. The highest BCUT2D eigenvalue weighted by Gasteiger charge is 2.24. The quantitative estimate of drug-likeness (QED) is 0.246. The molecule has 0 radical (unpaired) electrons. The van der Waals surface area contributed by atoms with Crippen molar-refractivity contribution in [2.75, 3.05) is 26.9 Å². The van der Waals surface area contributed by atoms with Crippen LogP contribution < -0.4 is 4.74 Å². The van der Waals surface area contributed by atoms with Crippen LogP contribution >= 0.6 is 0 Å². The molecule has 0 aromatic heterocycles. The average molecular weight is 479 g/mol. The fraction of sp³-hybridized carbons (Fsp3) is 0.462. The summed E-state index contributed by atoms with van der Waals surface area (Å²) < 4.78 is 50.3. The third-order valence-corrected chi connectivity index (χ3v) is 4.92. The standard InChI is InChI=1S/C26H32F2O6/c1-25(2,3)33-14-13-26(4,5)34-16-15-32-20-12-11-19(27)22(28)21(20)23(29)17-7-9-18(10-8-17)24(30)31-6/h7-12H,13-16H2,1-6H3. The van der Waals surface area contributed by atoms with Gasteiger partial charge >= 0.3 is 5.97 Å². The van der Waals surface area contributed by atoms with Crippen LogP contribution in [0.3, 0.4) is 0 Å². The fourth-order valence-electron chi connectivity index (χ4n) is 3.03. The lowest BCUT2D eigenvalue weighted by atomic mass is 10.0. The van der Waals surface area contributed by atoms with Crippen LogP contribution in [0, 0.1) is 11.6 Å². The molecule has 186 valence electrons. The predicted octanol–water partition coefficient (Wildman–Crippen LogP) is 5.36. The molecule has 0 spiro atoms. The summed E-state index contributed by atoms with van der Waals surface area (Å²) in [6, 6.07) is 7.53. The van der Waals surface area contributed by atoms with Crippen molar-refractivity contribution >= 4 is 11.8 Å². The van der Waals surface area contributed by atoms with Gasteiger partial charge in [-0.25, -0.2) is 13.6 Å². The maximum absolute atomic E-state index is 14.6. The van der Waals surface area contributed by atoms with Crippen molar-refractivity contribution in [3.8, 4) is 5.75 Å². The van der Waals surface area contributed by atoms with E-state index in [-0.39, 0.29) is 35.7 Å². The zero-order valence-corrected chi connectivity index (χ0v) is 20.5. The summed E-state index contributed by atoms with van der Waals surface area (Å²) in [4.78, 5) is 24.5. The van der Waals surface area contributed by atoms with Gasteiger partial charge in [0.25, 0.3) is 0 Å². The maximum Gasteiger partial charge on any atom is 0.337 e. The molecule has 0 fully saturated rings. The van der Waals surface area contributed by atoms with Crippen LogP contribution in [0.2, 0.25) is 0 Å². The highest BCUT2D eigenvalue weighted by Crippen LogP contribution is 2.27. The number of rotatable bonds is 11. The third kappa shape index (κ3) is 7.88. The molecule has 0 amide bonds. The van der Waals surface area contributed by atoms with E-state index in [0.717, 1.165) is 6.07 Å². The van der Waals surface area contributed by atoms with Crippen LogP contribution in [0.4, 0.5) is 8.78 Å². The first-order valence-corrected chi connectivity index (χ1v) is 11.0. The van der Waals surface area contributed by atoms with Crippen LogP contribution in [0.15, 0.2) is 36.4 Å². The monoisotopic (exact) mass is 478 g/mol. The zero-order chi connectivity index (χ0) is 25.5. The Morgan fingerprint density at radius 1 is 0.824 bits per heavy atom. The number of ketones is 1. The minimum atomic E-state index is -1.31. The van der Waals surface area contributed by atoms with Gasteiger partial charge in [-0.15, -0.1) is 0 Å². The minimum Gasteiger partial charge on any atom is -0.490 e. The molecule has 0 N–H and O–H groups in total. The molecule has 34 heavy (non-hydrogen) atoms. The second-order valence-electron chi connectivity index (χ2n) is 9.30. The number of hydrogen-bond donors (Lipinski definition) is 0. The van der Waals surface area contributed by atoms with Gasteiger partial charge in [-0.05, 0) is 65.3 Å². The number of esters is 1. The molecule has 0 saturated carbocycles. The van der Waals surface area contributed by atoms with Gasteiger partial charge in [0.15, 0.2) is 17.4 Å². The van der Waals surface area contributed by atoms with Gasteiger partial charge in [0.1, 0.15) is 17.9 Å². The first-order valence-electron chi connectivity index (χ1n) is 11.0. The maximum atomic E-state index is 14.6. The Balaban J connectivity index is 2.06. The van der Waals surface area contributed by atoms with Gasteiger partial charge in [0.05, 0.1) is 30.5 Å². The van der Waals surface area contributed by atoms with E-state index in [1.54, 1.807) is 0 Å². The van der Waals surface area contributed by atoms with Crippen LogP contribution in [0.25, 0.3) is 0 Å². The lowest BCUT2D eigenvalue weighted by molar-refractivity contribution is -0.0717. The highest BCUT2D eigenvalue weighted by atomic mass is 19.2. The van der Waals surface area contributed by atoms with Crippen molar-refractivity contribution in [3.63, 3.8) is 0 Å². The molecular formula is C26H32F2O6. The smallest absolute Gasteiger partial charge is 0.337 e. The average Bonchev–Trinajstić information content (AvgIpc) is 2.77. The Hall–Kier alpha value is -2.84. The van der Waals surface area contributed by atoms with E-state index in [4.69, 9.17) is 14.2 Å². The summed E-state index contributed by atoms with van der Waals surface area (Å²) >= 11 is 0. The molecule has 0 aliphatic rings. The van der Waals surface area contributed by atoms with Crippen molar-refractivity contribution < 1.29 is 37.3 Å².